The maximum atomic E-state index is 13.7. The molecule has 36 heavy (non-hydrogen) atoms. The largest absolute Gasteiger partial charge is 0.345 e. The summed E-state index contributed by atoms with van der Waals surface area (Å²) in [5.41, 5.74) is 0.876. The van der Waals surface area contributed by atoms with E-state index in [1.54, 1.807) is 24.3 Å². The summed E-state index contributed by atoms with van der Waals surface area (Å²) in [7, 11) is 0. The molecule has 4 rings (SSSR count). The zero-order valence-electron chi connectivity index (χ0n) is 19.3. The Kier molecular flexibility index (Phi) is 7.05. The van der Waals surface area contributed by atoms with Crippen LogP contribution in [0.1, 0.15) is 35.3 Å². The van der Waals surface area contributed by atoms with E-state index < -0.39 is 34.2 Å². The first kappa shape index (κ1) is 24.5. The Morgan fingerprint density at radius 3 is 2.50 bits per heavy atom. The van der Waals surface area contributed by atoms with Crippen molar-refractivity contribution in [1.29, 1.82) is 0 Å². The van der Waals surface area contributed by atoms with Gasteiger partial charge in [-0.25, -0.2) is 0 Å². The second-order valence-electron chi connectivity index (χ2n) is 8.44. The zero-order chi connectivity index (χ0) is 25.8. The van der Waals surface area contributed by atoms with E-state index in [-0.39, 0.29) is 36.2 Å². The van der Waals surface area contributed by atoms with Crippen molar-refractivity contribution in [2.45, 2.75) is 19.4 Å². The van der Waals surface area contributed by atoms with E-state index in [0.717, 1.165) is 17.7 Å². The Hall–Kier alpha value is -4.60. The Morgan fingerprint density at radius 1 is 1.08 bits per heavy atom. The fourth-order valence-corrected chi connectivity index (χ4v) is 4.07. The topological polar surface area (TPSA) is 122 Å². The first-order chi connectivity index (χ1) is 17.2. The van der Waals surface area contributed by atoms with Crippen molar-refractivity contribution in [3.8, 4) is 0 Å². The van der Waals surface area contributed by atoms with Crippen LogP contribution in [0.4, 0.5) is 21.5 Å². The molecule has 184 valence electrons. The molecule has 1 saturated heterocycles. The first-order valence-corrected chi connectivity index (χ1v) is 11.2. The molecule has 3 aromatic carbocycles. The summed E-state index contributed by atoms with van der Waals surface area (Å²) in [5, 5.41) is 16.7. The van der Waals surface area contributed by atoms with Gasteiger partial charge in [-0.2, -0.15) is 4.39 Å². The number of rotatable bonds is 7. The predicted octanol–water partition coefficient (Wildman–Crippen LogP) is 4.22. The average Bonchev–Trinajstić information content (AvgIpc) is 3.26. The van der Waals surface area contributed by atoms with Gasteiger partial charge < -0.3 is 15.5 Å². The van der Waals surface area contributed by atoms with Gasteiger partial charge in [0.25, 0.3) is 5.91 Å². The molecule has 0 aliphatic carbocycles. The number of amides is 3. The molecule has 0 bridgehead atoms. The van der Waals surface area contributed by atoms with Gasteiger partial charge in [0.15, 0.2) is 0 Å². The van der Waals surface area contributed by atoms with E-state index in [4.69, 9.17) is 0 Å². The van der Waals surface area contributed by atoms with Crippen LogP contribution in [0.3, 0.4) is 0 Å². The van der Waals surface area contributed by atoms with Crippen molar-refractivity contribution in [3.05, 3.63) is 99.9 Å². The quantitative estimate of drug-likeness (QED) is 0.379. The standard InChI is InChI=1S/C26H23FN4O5/c1-16(17-7-3-2-4-8-17)28-26(34)20-9-5-6-10-22(20)29-25(33)18-13-24(32)30(15-18)19-11-12-21(27)23(14-19)31(35)36/h2-12,14,16,18H,13,15H2,1H3,(H,28,34)(H,29,33)/t16-,18-/m1/s1. The zero-order valence-corrected chi connectivity index (χ0v) is 19.3. The van der Waals surface area contributed by atoms with Crippen LogP contribution < -0.4 is 15.5 Å². The van der Waals surface area contributed by atoms with E-state index in [1.165, 1.54) is 11.0 Å². The van der Waals surface area contributed by atoms with Crippen molar-refractivity contribution in [2.24, 2.45) is 5.92 Å². The number of carbonyl (C=O) groups is 3. The van der Waals surface area contributed by atoms with Crippen LogP contribution in [-0.4, -0.2) is 29.2 Å². The maximum Gasteiger partial charge on any atom is 0.306 e. The molecule has 2 N–H and O–H groups in total. The Bertz CT molecular complexity index is 1330. The third-order valence-corrected chi connectivity index (χ3v) is 6.01. The molecule has 1 aliphatic rings. The van der Waals surface area contributed by atoms with Crippen LogP contribution in [0.15, 0.2) is 72.8 Å². The normalized spacial score (nSPS) is 15.9. The fraction of sp³-hybridized carbons (Fsp3) is 0.192. The lowest BCUT2D eigenvalue weighted by Gasteiger charge is -2.18. The molecule has 0 radical (unpaired) electrons. The summed E-state index contributed by atoms with van der Waals surface area (Å²) < 4.78 is 13.7. The number of nitrogens with zero attached hydrogens (tertiary/aromatic N) is 2. The highest BCUT2D eigenvalue weighted by atomic mass is 19.1. The molecule has 10 heteroatoms. The Morgan fingerprint density at radius 2 is 1.78 bits per heavy atom. The lowest BCUT2D eigenvalue weighted by molar-refractivity contribution is -0.387. The molecule has 0 aromatic heterocycles. The van der Waals surface area contributed by atoms with E-state index in [9.17, 15) is 28.9 Å². The summed E-state index contributed by atoms with van der Waals surface area (Å²) in [5.74, 6) is -3.04. The maximum absolute atomic E-state index is 13.7. The number of hydrogen-bond acceptors (Lipinski definition) is 5. The monoisotopic (exact) mass is 490 g/mol. The molecule has 2 atom stereocenters. The molecular weight excluding hydrogens is 467 g/mol. The van der Waals surface area contributed by atoms with E-state index in [2.05, 4.69) is 10.6 Å². The summed E-state index contributed by atoms with van der Waals surface area (Å²) in [4.78, 5) is 49.9. The van der Waals surface area contributed by atoms with Gasteiger partial charge in [-0.3, -0.25) is 24.5 Å². The molecular formula is C26H23FN4O5. The summed E-state index contributed by atoms with van der Waals surface area (Å²) >= 11 is 0. The number of hydrogen-bond donors (Lipinski definition) is 2. The second-order valence-corrected chi connectivity index (χ2v) is 8.44. The Labute approximate surface area is 206 Å². The number of carbonyl (C=O) groups excluding carboxylic acids is 3. The first-order valence-electron chi connectivity index (χ1n) is 11.2. The molecule has 0 spiro atoms. The molecule has 0 unspecified atom stereocenters. The number of benzene rings is 3. The van der Waals surface area contributed by atoms with Crippen LogP contribution in [0, 0.1) is 21.8 Å². The summed E-state index contributed by atoms with van der Waals surface area (Å²) in [6, 6.07) is 18.9. The lowest BCUT2D eigenvalue weighted by Crippen LogP contribution is -2.30. The van der Waals surface area contributed by atoms with E-state index in [0.29, 0.717) is 5.69 Å². The third kappa shape index (κ3) is 5.22. The van der Waals surface area contributed by atoms with Crippen molar-refractivity contribution in [1.82, 2.24) is 5.32 Å². The van der Waals surface area contributed by atoms with Gasteiger partial charge in [0, 0.05) is 19.0 Å². The lowest BCUT2D eigenvalue weighted by atomic mass is 10.1. The minimum Gasteiger partial charge on any atom is -0.345 e. The number of anilines is 2. The molecule has 1 aliphatic heterocycles. The predicted molar refractivity (Wildman–Crippen MR) is 131 cm³/mol. The van der Waals surface area contributed by atoms with Crippen molar-refractivity contribution < 1.29 is 23.7 Å². The highest BCUT2D eigenvalue weighted by molar-refractivity contribution is 6.07. The Balaban J connectivity index is 1.46. The third-order valence-electron chi connectivity index (χ3n) is 6.01. The highest BCUT2D eigenvalue weighted by Crippen LogP contribution is 2.30. The number of nitro groups is 1. The van der Waals surface area contributed by atoms with Crippen LogP contribution in [0.2, 0.25) is 0 Å². The van der Waals surface area contributed by atoms with Crippen molar-refractivity contribution in [3.63, 3.8) is 0 Å². The number of para-hydroxylation sites is 1. The van der Waals surface area contributed by atoms with Crippen molar-refractivity contribution >= 4 is 34.8 Å². The van der Waals surface area contributed by atoms with Gasteiger partial charge >= 0.3 is 5.69 Å². The minimum absolute atomic E-state index is 0.0349. The van der Waals surface area contributed by atoms with Crippen molar-refractivity contribution in [2.75, 3.05) is 16.8 Å². The average molecular weight is 490 g/mol. The van der Waals surface area contributed by atoms with Gasteiger partial charge in [0.1, 0.15) is 0 Å². The van der Waals surface area contributed by atoms with Crippen LogP contribution in [0.25, 0.3) is 0 Å². The molecule has 3 aromatic rings. The molecule has 3 amide bonds. The molecule has 1 heterocycles. The smallest absolute Gasteiger partial charge is 0.306 e. The van der Waals surface area contributed by atoms with Gasteiger partial charge in [-0.15, -0.1) is 0 Å². The van der Waals surface area contributed by atoms with Crippen LogP contribution >= 0.6 is 0 Å². The summed E-state index contributed by atoms with van der Waals surface area (Å²) in [6.45, 7) is 1.82. The fourth-order valence-electron chi connectivity index (χ4n) is 4.07. The van der Waals surface area contributed by atoms with Gasteiger partial charge in [-0.1, -0.05) is 42.5 Å². The van der Waals surface area contributed by atoms with Crippen LogP contribution in [0.5, 0.6) is 0 Å². The summed E-state index contributed by atoms with van der Waals surface area (Å²) in [6.07, 6.45) is -0.129. The number of halogens is 1. The number of nitrogens with one attached hydrogen (secondary N) is 2. The molecule has 1 fully saturated rings. The SMILES string of the molecule is C[C@@H](NC(=O)c1ccccc1NC(=O)[C@@H]1CC(=O)N(c2ccc(F)c([N+](=O)[O-])c2)C1)c1ccccc1. The van der Waals surface area contributed by atoms with E-state index in [1.807, 2.05) is 37.3 Å². The minimum atomic E-state index is -1.01. The van der Waals surface area contributed by atoms with Crippen LogP contribution in [-0.2, 0) is 9.59 Å². The molecule has 0 saturated carbocycles. The van der Waals surface area contributed by atoms with Gasteiger partial charge in [0.05, 0.1) is 33.8 Å². The number of nitro benzene ring substituents is 1. The highest BCUT2D eigenvalue weighted by Gasteiger charge is 2.36. The molecule has 9 nitrogen and oxygen atoms in total. The van der Waals surface area contributed by atoms with Gasteiger partial charge in [0.2, 0.25) is 17.6 Å². The second kappa shape index (κ2) is 10.3. The van der Waals surface area contributed by atoms with E-state index >= 15 is 0 Å². The van der Waals surface area contributed by atoms with Gasteiger partial charge in [-0.05, 0) is 36.8 Å².